The van der Waals surface area contributed by atoms with Crippen LogP contribution in [0.4, 0.5) is 5.00 Å². The van der Waals surface area contributed by atoms with Crippen molar-refractivity contribution < 1.29 is 4.79 Å². The van der Waals surface area contributed by atoms with Crippen LogP contribution in [0.15, 0.2) is 17.5 Å². The SMILES string of the molecule is C[C@H](NCC(=O)Nc1sc2c(c1C#N)CCC2)c1cccs1. The maximum absolute atomic E-state index is 12.1. The molecule has 6 heteroatoms. The number of thiophene rings is 2. The number of aryl methyl sites for hydroxylation is 1. The molecule has 1 atom stereocenters. The van der Waals surface area contributed by atoms with Gasteiger partial charge in [-0.3, -0.25) is 4.79 Å². The van der Waals surface area contributed by atoms with Gasteiger partial charge in [-0.2, -0.15) is 5.26 Å². The average Bonchev–Trinajstić information content (AvgIpc) is 3.21. The van der Waals surface area contributed by atoms with Crippen LogP contribution in [0.2, 0.25) is 0 Å². The van der Waals surface area contributed by atoms with Crippen LogP contribution in [-0.2, 0) is 17.6 Å². The molecule has 1 amide bonds. The monoisotopic (exact) mass is 331 g/mol. The average molecular weight is 331 g/mol. The molecule has 3 rings (SSSR count). The summed E-state index contributed by atoms with van der Waals surface area (Å²) < 4.78 is 0. The third kappa shape index (κ3) is 3.07. The van der Waals surface area contributed by atoms with Gasteiger partial charge >= 0.3 is 0 Å². The van der Waals surface area contributed by atoms with Crippen LogP contribution in [0.5, 0.6) is 0 Å². The predicted molar refractivity (Wildman–Crippen MR) is 90.4 cm³/mol. The number of nitrogens with one attached hydrogen (secondary N) is 2. The Morgan fingerprint density at radius 1 is 1.50 bits per heavy atom. The Kier molecular flexibility index (Phi) is 4.57. The summed E-state index contributed by atoms with van der Waals surface area (Å²) in [5, 5.41) is 18.2. The first kappa shape index (κ1) is 15.2. The Morgan fingerprint density at radius 2 is 2.36 bits per heavy atom. The molecule has 22 heavy (non-hydrogen) atoms. The Morgan fingerprint density at radius 3 is 3.09 bits per heavy atom. The molecule has 2 aromatic rings. The van der Waals surface area contributed by atoms with E-state index in [2.05, 4.69) is 22.8 Å². The Balaban J connectivity index is 1.60. The number of rotatable bonds is 5. The van der Waals surface area contributed by atoms with Gasteiger partial charge in [0.2, 0.25) is 5.91 Å². The van der Waals surface area contributed by atoms with Crippen molar-refractivity contribution in [3.8, 4) is 6.07 Å². The first-order valence-corrected chi connectivity index (χ1v) is 9.00. The van der Waals surface area contributed by atoms with E-state index in [1.807, 2.05) is 18.4 Å². The number of nitriles is 1. The lowest BCUT2D eigenvalue weighted by Gasteiger charge is -2.11. The largest absolute Gasteiger partial charge is 0.315 e. The molecule has 0 bridgehead atoms. The minimum absolute atomic E-state index is 0.0974. The molecule has 0 spiro atoms. The van der Waals surface area contributed by atoms with Gasteiger partial charge in [0, 0.05) is 15.8 Å². The zero-order chi connectivity index (χ0) is 15.5. The fraction of sp³-hybridized carbons (Fsp3) is 0.375. The van der Waals surface area contributed by atoms with E-state index in [1.165, 1.54) is 9.75 Å². The van der Waals surface area contributed by atoms with Gasteiger partial charge in [0.15, 0.2) is 0 Å². The van der Waals surface area contributed by atoms with Crippen LogP contribution in [0.25, 0.3) is 0 Å². The van der Waals surface area contributed by atoms with Gasteiger partial charge < -0.3 is 10.6 Å². The van der Waals surface area contributed by atoms with Crippen molar-refractivity contribution in [2.24, 2.45) is 0 Å². The van der Waals surface area contributed by atoms with Gasteiger partial charge in [-0.25, -0.2) is 0 Å². The van der Waals surface area contributed by atoms with Crippen molar-refractivity contribution in [1.82, 2.24) is 5.32 Å². The van der Waals surface area contributed by atoms with Gasteiger partial charge in [-0.05, 0) is 43.2 Å². The second-order valence-corrected chi connectivity index (χ2v) is 7.42. The van der Waals surface area contributed by atoms with E-state index in [4.69, 9.17) is 0 Å². The lowest BCUT2D eigenvalue weighted by atomic mass is 10.1. The van der Waals surface area contributed by atoms with Crippen LogP contribution in [0, 0.1) is 11.3 Å². The molecular formula is C16H17N3OS2. The van der Waals surface area contributed by atoms with Gasteiger partial charge in [-0.1, -0.05) is 6.07 Å². The summed E-state index contributed by atoms with van der Waals surface area (Å²) in [4.78, 5) is 14.6. The number of fused-ring (bicyclic) bond motifs is 1. The quantitative estimate of drug-likeness (QED) is 0.882. The molecule has 2 aromatic heterocycles. The Labute approximate surface area is 137 Å². The summed E-state index contributed by atoms with van der Waals surface area (Å²) in [6.07, 6.45) is 3.10. The molecule has 0 radical (unpaired) electrons. The third-order valence-corrected chi connectivity index (χ3v) is 6.09. The summed E-state index contributed by atoms with van der Waals surface area (Å²) >= 11 is 3.23. The number of amides is 1. The molecule has 1 aliphatic carbocycles. The second kappa shape index (κ2) is 6.61. The number of hydrogen-bond acceptors (Lipinski definition) is 5. The second-order valence-electron chi connectivity index (χ2n) is 5.34. The molecule has 114 valence electrons. The Hall–Kier alpha value is -1.68. The lowest BCUT2D eigenvalue weighted by Crippen LogP contribution is -2.29. The van der Waals surface area contributed by atoms with Crippen molar-refractivity contribution in [3.63, 3.8) is 0 Å². The van der Waals surface area contributed by atoms with Gasteiger partial charge in [0.05, 0.1) is 12.1 Å². The number of hydrogen-bond donors (Lipinski definition) is 2. The van der Waals surface area contributed by atoms with Gasteiger partial charge in [0.1, 0.15) is 11.1 Å². The molecule has 1 aliphatic rings. The normalized spacial score (nSPS) is 14.4. The molecule has 2 heterocycles. The van der Waals surface area contributed by atoms with Crippen LogP contribution < -0.4 is 10.6 Å². The smallest absolute Gasteiger partial charge is 0.238 e. The molecule has 2 N–H and O–H groups in total. The number of nitrogens with zero attached hydrogens (tertiary/aromatic N) is 1. The van der Waals surface area contributed by atoms with Crippen molar-refractivity contribution >= 4 is 33.6 Å². The molecular weight excluding hydrogens is 314 g/mol. The lowest BCUT2D eigenvalue weighted by molar-refractivity contribution is -0.115. The molecule has 4 nitrogen and oxygen atoms in total. The van der Waals surface area contributed by atoms with E-state index in [9.17, 15) is 10.1 Å². The van der Waals surface area contributed by atoms with E-state index in [0.29, 0.717) is 10.6 Å². The van der Waals surface area contributed by atoms with E-state index >= 15 is 0 Å². The van der Waals surface area contributed by atoms with Crippen molar-refractivity contribution in [1.29, 1.82) is 5.26 Å². The number of carbonyl (C=O) groups excluding carboxylic acids is 1. The molecule has 0 fully saturated rings. The molecule has 0 saturated heterocycles. The molecule has 0 unspecified atom stereocenters. The Bertz CT molecular complexity index is 713. The van der Waals surface area contributed by atoms with E-state index < -0.39 is 0 Å². The summed E-state index contributed by atoms with van der Waals surface area (Å²) in [5.41, 5.74) is 1.81. The van der Waals surface area contributed by atoms with Crippen molar-refractivity contribution in [3.05, 3.63) is 38.4 Å². The highest BCUT2D eigenvalue weighted by Crippen LogP contribution is 2.38. The molecule has 0 aromatic carbocycles. The zero-order valence-electron chi connectivity index (χ0n) is 12.3. The van der Waals surface area contributed by atoms with Crippen molar-refractivity contribution in [2.45, 2.75) is 32.2 Å². The highest BCUT2D eigenvalue weighted by molar-refractivity contribution is 7.16. The summed E-state index contributed by atoms with van der Waals surface area (Å²) in [6.45, 7) is 2.28. The van der Waals surface area contributed by atoms with Crippen LogP contribution in [-0.4, -0.2) is 12.5 Å². The van der Waals surface area contributed by atoms with Gasteiger partial charge in [-0.15, -0.1) is 22.7 Å². The third-order valence-electron chi connectivity index (χ3n) is 3.82. The predicted octanol–water partition coefficient (Wildman–Crippen LogP) is 3.46. The maximum atomic E-state index is 12.1. The maximum Gasteiger partial charge on any atom is 0.238 e. The fourth-order valence-corrected chi connectivity index (χ4v) is 4.68. The van der Waals surface area contributed by atoms with Gasteiger partial charge in [0.25, 0.3) is 0 Å². The van der Waals surface area contributed by atoms with E-state index in [0.717, 1.165) is 24.8 Å². The summed E-state index contributed by atoms with van der Waals surface area (Å²) in [6, 6.07) is 6.45. The van der Waals surface area contributed by atoms with Crippen LogP contribution in [0.1, 0.15) is 40.3 Å². The number of anilines is 1. The topological polar surface area (TPSA) is 64.9 Å². The standard InChI is InChI=1S/C16H17N3OS2/c1-10(13-6-3-7-21-13)18-9-15(20)19-16-12(8-17)11-4-2-5-14(11)22-16/h3,6-7,10,18H,2,4-5,9H2,1H3,(H,19,20)/t10-/m0/s1. The van der Waals surface area contributed by atoms with E-state index in [-0.39, 0.29) is 18.5 Å². The zero-order valence-corrected chi connectivity index (χ0v) is 13.9. The minimum Gasteiger partial charge on any atom is -0.315 e. The summed E-state index contributed by atoms with van der Waals surface area (Å²) in [5.74, 6) is -0.0974. The van der Waals surface area contributed by atoms with Crippen LogP contribution >= 0.6 is 22.7 Å². The first-order valence-electron chi connectivity index (χ1n) is 7.30. The molecule has 0 saturated carbocycles. The minimum atomic E-state index is -0.0974. The summed E-state index contributed by atoms with van der Waals surface area (Å²) in [7, 11) is 0. The van der Waals surface area contributed by atoms with E-state index in [1.54, 1.807) is 22.7 Å². The molecule has 0 aliphatic heterocycles. The van der Waals surface area contributed by atoms with Crippen LogP contribution in [0.3, 0.4) is 0 Å². The van der Waals surface area contributed by atoms with Crippen molar-refractivity contribution in [2.75, 3.05) is 11.9 Å². The first-order chi connectivity index (χ1) is 10.7. The fourth-order valence-electron chi connectivity index (χ4n) is 2.67. The number of carbonyl (C=O) groups is 1. The highest BCUT2D eigenvalue weighted by Gasteiger charge is 2.23. The highest BCUT2D eigenvalue weighted by atomic mass is 32.1.